The molecule has 1 aliphatic heterocycles. The van der Waals surface area contributed by atoms with Gasteiger partial charge in [-0.05, 0) is 18.6 Å². The van der Waals surface area contributed by atoms with E-state index in [9.17, 15) is 10.1 Å². The molecule has 5 nitrogen and oxygen atoms in total. The summed E-state index contributed by atoms with van der Waals surface area (Å²) in [5.74, 6) is -0.272. The zero-order valence-electron chi connectivity index (χ0n) is 13.7. The molecule has 1 amide bonds. The van der Waals surface area contributed by atoms with Crippen molar-refractivity contribution in [3.8, 4) is 6.07 Å². The van der Waals surface area contributed by atoms with Crippen molar-refractivity contribution < 1.29 is 4.79 Å². The first-order valence-corrected chi connectivity index (χ1v) is 8.18. The van der Waals surface area contributed by atoms with Crippen LogP contribution in [0.15, 0.2) is 42.1 Å². The lowest BCUT2D eigenvalue weighted by molar-refractivity contribution is -0.117. The topological polar surface area (TPSA) is 59.4 Å². The van der Waals surface area contributed by atoms with Gasteiger partial charge in [0.2, 0.25) is 0 Å². The Labute approximate surface area is 138 Å². The molecule has 23 heavy (non-hydrogen) atoms. The molecule has 122 valence electrons. The van der Waals surface area contributed by atoms with Crippen molar-refractivity contribution in [2.75, 3.05) is 37.6 Å². The van der Waals surface area contributed by atoms with Crippen LogP contribution >= 0.6 is 0 Å². The molecule has 1 fully saturated rings. The molecule has 0 atom stereocenters. The number of benzene rings is 1. The summed E-state index contributed by atoms with van der Waals surface area (Å²) in [6.07, 6.45) is 3.65. The number of nitrogens with one attached hydrogen (secondary N) is 1. The maximum Gasteiger partial charge on any atom is 0.263 e. The molecule has 0 unspecified atom stereocenters. The van der Waals surface area contributed by atoms with Gasteiger partial charge in [0.05, 0.1) is 0 Å². The van der Waals surface area contributed by atoms with Crippen LogP contribution in [0.1, 0.15) is 19.8 Å². The number of piperazine rings is 1. The molecule has 0 aromatic heterocycles. The standard InChI is InChI=1S/C18H24N4O/c1-2-3-9-20-18(23)16(14-19)15-21-10-12-22(13-11-21)17-7-5-4-6-8-17/h4-8,15H,2-3,9-13H2,1H3,(H,20,23). The quantitative estimate of drug-likeness (QED) is 0.497. The molecule has 1 heterocycles. The SMILES string of the molecule is CCCCNC(=O)C(C#N)=CN1CCN(c2ccccc2)CC1. The van der Waals surface area contributed by atoms with Crippen molar-refractivity contribution >= 4 is 11.6 Å². The lowest BCUT2D eigenvalue weighted by Gasteiger charge is -2.35. The van der Waals surface area contributed by atoms with E-state index in [4.69, 9.17) is 0 Å². The van der Waals surface area contributed by atoms with Gasteiger partial charge in [0, 0.05) is 44.6 Å². The van der Waals surface area contributed by atoms with Crippen LogP contribution in [-0.2, 0) is 4.79 Å². The minimum absolute atomic E-state index is 0.189. The van der Waals surface area contributed by atoms with Crippen LogP contribution in [0.2, 0.25) is 0 Å². The molecular weight excluding hydrogens is 288 g/mol. The molecule has 1 aromatic carbocycles. The van der Waals surface area contributed by atoms with E-state index in [0.717, 1.165) is 39.0 Å². The summed E-state index contributed by atoms with van der Waals surface area (Å²) >= 11 is 0. The fraction of sp³-hybridized carbons (Fsp3) is 0.444. The van der Waals surface area contributed by atoms with Crippen LogP contribution in [0.4, 0.5) is 5.69 Å². The van der Waals surface area contributed by atoms with Gasteiger partial charge in [-0.2, -0.15) is 5.26 Å². The third-order valence-electron chi connectivity index (χ3n) is 3.93. The molecule has 0 aliphatic carbocycles. The smallest absolute Gasteiger partial charge is 0.263 e. The Balaban J connectivity index is 1.88. The summed E-state index contributed by atoms with van der Waals surface area (Å²) in [4.78, 5) is 16.3. The minimum atomic E-state index is -0.272. The molecule has 1 saturated heterocycles. The highest BCUT2D eigenvalue weighted by atomic mass is 16.1. The average Bonchev–Trinajstić information content (AvgIpc) is 2.61. The number of hydrogen-bond acceptors (Lipinski definition) is 4. The summed E-state index contributed by atoms with van der Waals surface area (Å²) in [5, 5.41) is 12.0. The number of hydrogen-bond donors (Lipinski definition) is 1. The van der Waals surface area contributed by atoms with Crippen LogP contribution in [0, 0.1) is 11.3 Å². The summed E-state index contributed by atoms with van der Waals surface area (Å²) in [6.45, 7) is 6.08. The molecule has 0 spiro atoms. The van der Waals surface area contributed by atoms with E-state index in [2.05, 4.69) is 34.2 Å². The van der Waals surface area contributed by atoms with Crippen LogP contribution in [0.3, 0.4) is 0 Å². The Hall–Kier alpha value is -2.48. The molecule has 0 radical (unpaired) electrons. The summed E-state index contributed by atoms with van der Waals surface area (Å²) in [6, 6.07) is 12.3. The predicted molar refractivity (Wildman–Crippen MR) is 91.8 cm³/mol. The number of carbonyl (C=O) groups excluding carboxylic acids is 1. The van der Waals surface area contributed by atoms with Crippen molar-refractivity contribution in [3.05, 3.63) is 42.1 Å². The van der Waals surface area contributed by atoms with Gasteiger partial charge in [-0.1, -0.05) is 31.5 Å². The van der Waals surface area contributed by atoms with Gasteiger partial charge in [0.1, 0.15) is 11.6 Å². The number of para-hydroxylation sites is 1. The largest absolute Gasteiger partial charge is 0.373 e. The lowest BCUT2D eigenvalue weighted by Crippen LogP contribution is -2.44. The van der Waals surface area contributed by atoms with E-state index in [0.29, 0.717) is 6.54 Å². The summed E-state index contributed by atoms with van der Waals surface area (Å²) in [5.41, 5.74) is 1.41. The van der Waals surface area contributed by atoms with Crippen molar-refractivity contribution in [2.24, 2.45) is 0 Å². The number of amides is 1. The van der Waals surface area contributed by atoms with Crippen molar-refractivity contribution in [1.29, 1.82) is 5.26 Å². The normalized spacial score (nSPS) is 15.2. The Morgan fingerprint density at radius 3 is 2.57 bits per heavy atom. The van der Waals surface area contributed by atoms with Crippen molar-refractivity contribution in [2.45, 2.75) is 19.8 Å². The molecular formula is C18H24N4O. The van der Waals surface area contributed by atoms with Gasteiger partial charge in [0.25, 0.3) is 5.91 Å². The molecule has 0 bridgehead atoms. The minimum Gasteiger partial charge on any atom is -0.373 e. The second-order valence-electron chi connectivity index (χ2n) is 5.62. The second kappa shape index (κ2) is 8.84. The number of rotatable bonds is 6. The van der Waals surface area contributed by atoms with E-state index in [1.54, 1.807) is 6.20 Å². The van der Waals surface area contributed by atoms with Gasteiger partial charge in [-0.25, -0.2) is 0 Å². The number of unbranched alkanes of at least 4 members (excludes halogenated alkanes) is 1. The maximum atomic E-state index is 12.0. The Bertz CT molecular complexity index is 568. The Morgan fingerprint density at radius 2 is 1.96 bits per heavy atom. The summed E-state index contributed by atoms with van der Waals surface area (Å²) < 4.78 is 0. The number of nitriles is 1. The first-order chi connectivity index (χ1) is 11.2. The number of carbonyl (C=O) groups is 1. The monoisotopic (exact) mass is 312 g/mol. The first-order valence-electron chi connectivity index (χ1n) is 8.18. The van der Waals surface area contributed by atoms with Gasteiger partial charge in [-0.3, -0.25) is 4.79 Å². The van der Waals surface area contributed by atoms with E-state index in [-0.39, 0.29) is 11.5 Å². The maximum absolute atomic E-state index is 12.0. The first kappa shape index (κ1) is 16.9. The van der Waals surface area contributed by atoms with E-state index in [1.165, 1.54) is 5.69 Å². The highest BCUT2D eigenvalue weighted by Gasteiger charge is 2.17. The van der Waals surface area contributed by atoms with Crippen molar-refractivity contribution in [1.82, 2.24) is 10.2 Å². The molecule has 0 saturated carbocycles. The predicted octanol–water partition coefficient (Wildman–Crippen LogP) is 2.13. The van der Waals surface area contributed by atoms with E-state index in [1.807, 2.05) is 24.3 Å². The second-order valence-corrected chi connectivity index (χ2v) is 5.62. The average molecular weight is 312 g/mol. The van der Waals surface area contributed by atoms with Gasteiger partial charge >= 0.3 is 0 Å². The van der Waals surface area contributed by atoms with Gasteiger partial charge in [0.15, 0.2) is 0 Å². The van der Waals surface area contributed by atoms with Crippen LogP contribution in [0.5, 0.6) is 0 Å². The number of anilines is 1. The fourth-order valence-corrected chi connectivity index (χ4v) is 2.54. The van der Waals surface area contributed by atoms with Crippen LogP contribution < -0.4 is 10.2 Å². The lowest BCUT2D eigenvalue weighted by atomic mass is 10.2. The zero-order chi connectivity index (χ0) is 16.5. The third kappa shape index (κ3) is 5.03. The molecule has 1 N–H and O–H groups in total. The molecule has 2 rings (SSSR count). The van der Waals surface area contributed by atoms with Crippen LogP contribution in [-0.4, -0.2) is 43.5 Å². The Kier molecular flexibility index (Phi) is 6.49. The summed E-state index contributed by atoms with van der Waals surface area (Å²) in [7, 11) is 0. The fourth-order valence-electron chi connectivity index (χ4n) is 2.54. The number of nitrogens with zero attached hydrogens (tertiary/aromatic N) is 3. The van der Waals surface area contributed by atoms with E-state index >= 15 is 0 Å². The molecule has 1 aromatic rings. The van der Waals surface area contributed by atoms with E-state index < -0.39 is 0 Å². The zero-order valence-corrected chi connectivity index (χ0v) is 13.7. The van der Waals surface area contributed by atoms with Crippen molar-refractivity contribution in [3.63, 3.8) is 0 Å². The molecule has 1 aliphatic rings. The van der Waals surface area contributed by atoms with Gasteiger partial charge in [-0.15, -0.1) is 0 Å². The highest BCUT2D eigenvalue weighted by molar-refractivity contribution is 5.97. The Morgan fingerprint density at radius 1 is 1.26 bits per heavy atom. The highest BCUT2D eigenvalue weighted by Crippen LogP contribution is 2.16. The third-order valence-corrected chi connectivity index (χ3v) is 3.93. The molecule has 5 heteroatoms. The van der Waals surface area contributed by atoms with Gasteiger partial charge < -0.3 is 15.1 Å². The van der Waals surface area contributed by atoms with Crippen LogP contribution in [0.25, 0.3) is 0 Å².